The Bertz CT molecular complexity index is 397. The van der Waals surface area contributed by atoms with Gasteiger partial charge in [0.05, 0.1) is 30.5 Å². The first-order chi connectivity index (χ1) is 9.29. The first kappa shape index (κ1) is 14.5. The lowest BCUT2D eigenvalue weighted by Gasteiger charge is -2.21. The van der Waals surface area contributed by atoms with Gasteiger partial charge in [-0.15, -0.1) is 0 Å². The van der Waals surface area contributed by atoms with Gasteiger partial charge in [-0.05, 0) is 28.8 Å². The van der Waals surface area contributed by atoms with Crippen LogP contribution in [0.2, 0.25) is 0 Å². The molecule has 1 heterocycles. The number of halogens is 1. The molecule has 0 atom stereocenters. The first-order valence-corrected chi connectivity index (χ1v) is 7.51. The molecule has 6 heteroatoms. The van der Waals surface area contributed by atoms with Gasteiger partial charge in [-0.25, -0.2) is 4.98 Å². The minimum atomic E-state index is 0.441. The number of methoxy groups -OCH3 is 1. The van der Waals surface area contributed by atoms with Gasteiger partial charge in [0, 0.05) is 6.54 Å². The summed E-state index contributed by atoms with van der Waals surface area (Å²) in [6.07, 6.45) is 8.46. The van der Waals surface area contributed by atoms with Gasteiger partial charge in [0.25, 0.3) is 0 Å². The summed E-state index contributed by atoms with van der Waals surface area (Å²) in [5.41, 5.74) is 0. The zero-order valence-electron chi connectivity index (χ0n) is 11.2. The summed E-state index contributed by atoms with van der Waals surface area (Å²) in [7, 11) is 1.59. The highest BCUT2D eigenvalue weighted by molar-refractivity contribution is 9.10. The maximum atomic E-state index is 5.83. The standard InChI is InChI=1S/C13H20BrN3O2/c1-18-12-11(14)9-16-13(17-12)15-7-8-19-10-5-3-2-4-6-10/h9-10H,2-8H2,1H3,(H,15,16,17). The van der Waals surface area contributed by atoms with E-state index in [1.165, 1.54) is 32.1 Å². The van der Waals surface area contributed by atoms with E-state index < -0.39 is 0 Å². The summed E-state index contributed by atoms with van der Waals surface area (Å²) in [6, 6.07) is 0. The van der Waals surface area contributed by atoms with Gasteiger partial charge in [-0.2, -0.15) is 4.98 Å². The minimum Gasteiger partial charge on any atom is -0.480 e. The monoisotopic (exact) mass is 329 g/mol. The van der Waals surface area contributed by atoms with E-state index in [9.17, 15) is 0 Å². The molecule has 106 valence electrons. The van der Waals surface area contributed by atoms with Gasteiger partial charge in [-0.3, -0.25) is 0 Å². The van der Waals surface area contributed by atoms with Crippen molar-refractivity contribution in [3.05, 3.63) is 10.7 Å². The number of anilines is 1. The first-order valence-electron chi connectivity index (χ1n) is 6.71. The number of hydrogen-bond donors (Lipinski definition) is 1. The average Bonchev–Trinajstić information content (AvgIpc) is 2.46. The van der Waals surface area contributed by atoms with Gasteiger partial charge >= 0.3 is 0 Å². The number of aromatic nitrogens is 2. The Morgan fingerprint density at radius 3 is 2.89 bits per heavy atom. The molecule has 0 amide bonds. The Morgan fingerprint density at radius 2 is 2.16 bits per heavy atom. The topological polar surface area (TPSA) is 56.3 Å². The third kappa shape index (κ3) is 4.62. The van der Waals surface area contributed by atoms with Crippen LogP contribution in [0.3, 0.4) is 0 Å². The van der Waals surface area contributed by atoms with Crippen LogP contribution in [0.25, 0.3) is 0 Å². The van der Waals surface area contributed by atoms with Crippen LogP contribution in [-0.2, 0) is 4.74 Å². The van der Waals surface area contributed by atoms with Gasteiger partial charge in [0.15, 0.2) is 0 Å². The molecule has 0 saturated heterocycles. The highest BCUT2D eigenvalue weighted by atomic mass is 79.9. The van der Waals surface area contributed by atoms with Crippen LogP contribution in [-0.4, -0.2) is 36.3 Å². The summed E-state index contributed by atoms with van der Waals surface area (Å²) in [4.78, 5) is 8.39. The van der Waals surface area contributed by atoms with Crippen molar-refractivity contribution < 1.29 is 9.47 Å². The molecule has 1 aliphatic rings. The lowest BCUT2D eigenvalue weighted by molar-refractivity contribution is 0.0347. The van der Waals surface area contributed by atoms with Crippen molar-refractivity contribution in [1.29, 1.82) is 0 Å². The molecule has 1 aromatic heterocycles. The highest BCUT2D eigenvalue weighted by Crippen LogP contribution is 2.22. The second-order valence-electron chi connectivity index (χ2n) is 4.61. The van der Waals surface area contributed by atoms with Crippen LogP contribution in [0.5, 0.6) is 5.88 Å². The molecular weight excluding hydrogens is 310 g/mol. The fourth-order valence-corrected chi connectivity index (χ4v) is 2.55. The van der Waals surface area contributed by atoms with E-state index in [0.717, 1.165) is 4.47 Å². The van der Waals surface area contributed by atoms with Crippen molar-refractivity contribution in [1.82, 2.24) is 9.97 Å². The van der Waals surface area contributed by atoms with Gasteiger partial charge in [0.2, 0.25) is 11.8 Å². The van der Waals surface area contributed by atoms with Crippen molar-refractivity contribution in [2.75, 3.05) is 25.6 Å². The Hall–Kier alpha value is -0.880. The number of hydrogen-bond acceptors (Lipinski definition) is 5. The summed E-state index contributed by atoms with van der Waals surface area (Å²) in [5.74, 6) is 1.10. The molecule has 0 aliphatic heterocycles. The maximum absolute atomic E-state index is 5.83. The number of rotatable bonds is 6. The van der Waals surface area contributed by atoms with E-state index in [-0.39, 0.29) is 0 Å². The van der Waals surface area contributed by atoms with E-state index >= 15 is 0 Å². The number of nitrogens with zero attached hydrogens (tertiary/aromatic N) is 2. The molecule has 5 nitrogen and oxygen atoms in total. The second-order valence-corrected chi connectivity index (χ2v) is 5.46. The second kappa shape index (κ2) is 7.65. The van der Waals surface area contributed by atoms with Crippen molar-refractivity contribution in [2.45, 2.75) is 38.2 Å². The predicted molar refractivity (Wildman–Crippen MR) is 77.6 cm³/mol. The minimum absolute atomic E-state index is 0.441. The van der Waals surface area contributed by atoms with Crippen LogP contribution >= 0.6 is 15.9 Å². The number of nitrogens with one attached hydrogen (secondary N) is 1. The molecule has 0 aromatic carbocycles. The molecule has 0 bridgehead atoms. The van der Waals surface area contributed by atoms with Crippen LogP contribution in [0.4, 0.5) is 5.95 Å². The van der Waals surface area contributed by atoms with Crippen molar-refractivity contribution in [2.24, 2.45) is 0 Å². The smallest absolute Gasteiger partial charge is 0.232 e. The Kier molecular flexibility index (Phi) is 5.85. The Labute approximate surface area is 122 Å². The third-order valence-corrected chi connectivity index (χ3v) is 3.74. The molecule has 1 aliphatic carbocycles. The zero-order valence-corrected chi connectivity index (χ0v) is 12.8. The lowest BCUT2D eigenvalue weighted by atomic mass is 9.98. The molecule has 19 heavy (non-hydrogen) atoms. The summed E-state index contributed by atoms with van der Waals surface area (Å²) >= 11 is 3.32. The van der Waals surface area contributed by atoms with Gasteiger partial charge < -0.3 is 14.8 Å². The van der Waals surface area contributed by atoms with Gasteiger partial charge in [-0.1, -0.05) is 19.3 Å². The SMILES string of the molecule is COc1nc(NCCOC2CCCCC2)ncc1Br. The van der Waals surface area contributed by atoms with E-state index in [0.29, 0.717) is 31.1 Å². The van der Waals surface area contributed by atoms with E-state index in [1.54, 1.807) is 13.3 Å². The molecule has 0 radical (unpaired) electrons. The molecule has 1 aromatic rings. The summed E-state index contributed by atoms with van der Waals surface area (Å²) in [6.45, 7) is 1.40. The normalized spacial score (nSPS) is 16.3. The molecule has 0 spiro atoms. The fourth-order valence-electron chi connectivity index (χ4n) is 2.20. The highest BCUT2D eigenvalue weighted by Gasteiger charge is 2.13. The van der Waals surface area contributed by atoms with Crippen molar-refractivity contribution >= 4 is 21.9 Å². The van der Waals surface area contributed by atoms with E-state index in [2.05, 4.69) is 31.2 Å². The fraction of sp³-hybridized carbons (Fsp3) is 0.692. The van der Waals surface area contributed by atoms with Crippen LogP contribution in [0, 0.1) is 0 Å². The summed E-state index contributed by atoms with van der Waals surface area (Å²) < 4.78 is 11.7. The van der Waals surface area contributed by atoms with Crippen molar-refractivity contribution in [3.63, 3.8) is 0 Å². The van der Waals surface area contributed by atoms with E-state index in [1.807, 2.05) is 0 Å². The molecule has 1 fully saturated rings. The lowest BCUT2D eigenvalue weighted by Crippen LogP contribution is -2.21. The zero-order chi connectivity index (χ0) is 13.5. The third-order valence-electron chi connectivity index (χ3n) is 3.20. The van der Waals surface area contributed by atoms with Crippen LogP contribution in [0.1, 0.15) is 32.1 Å². The summed E-state index contributed by atoms with van der Waals surface area (Å²) in [5, 5.41) is 3.14. The maximum Gasteiger partial charge on any atom is 0.232 e. The Morgan fingerprint density at radius 1 is 1.37 bits per heavy atom. The predicted octanol–water partition coefficient (Wildman–Crippen LogP) is 3.01. The largest absolute Gasteiger partial charge is 0.480 e. The quantitative estimate of drug-likeness (QED) is 0.813. The average molecular weight is 330 g/mol. The molecule has 1 saturated carbocycles. The van der Waals surface area contributed by atoms with Crippen LogP contribution in [0.15, 0.2) is 10.7 Å². The molecular formula is C13H20BrN3O2. The van der Waals surface area contributed by atoms with Gasteiger partial charge in [0.1, 0.15) is 0 Å². The Balaban J connectivity index is 1.70. The molecule has 1 N–H and O–H groups in total. The molecule has 0 unspecified atom stereocenters. The van der Waals surface area contributed by atoms with E-state index in [4.69, 9.17) is 9.47 Å². The van der Waals surface area contributed by atoms with Crippen LogP contribution < -0.4 is 10.1 Å². The molecule has 2 rings (SSSR count). The van der Waals surface area contributed by atoms with Crippen molar-refractivity contribution in [3.8, 4) is 5.88 Å². The number of ether oxygens (including phenoxy) is 2.